The third-order valence-electron chi connectivity index (χ3n) is 1.38. The molecule has 0 N–H and O–H groups in total. The van der Waals surface area contributed by atoms with E-state index < -0.39 is 0 Å². The fourth-order valence-electron chi connectivity index (χ4n) is 0.841. The quantitative estimate of drug-likeness (QED) is 0.603. The summed E-state index contributed by atoms with van der Waals surface area (Å²) < 4.78 is 0. The zero-order valence-electron chi connectivity index (χ0n) is 6.33. The van der Waals surface area contributed by atoms with E-state index in [2.05, 4.69) is 11.6 Å². The van der Waals surface area contributed by atoms with Crippen molar-refractivity contribution in [2.24, 2.45) is 0 Å². The Morgan fingerprint density at radius 3 is 3.00 bits per heavy atom. The molecule has 0 bridgehead atoms. The summed E-state index contributed by atoms with van der Waals surface area (Å²) in [6, 6.07) is 3.88. The van der Waals surface area contributed by atoms with Crippen LogP contribution in [0.15, 0.2) is 18.8 Å². The summed E-state index contributed by atoms with van der Waals surface area (Å²) in [5, 5.41) is 8.58. The molecule has 0 atom stereocenters. The minimum atomic E-state index is 0.436. The van der Waals surface area contributed by atoms with Gasteiger partial charge in [-0.3, -0.25) is 0 Å². The molecule has 11 heavy (non-hydrogen) atoms. The molecular weight excluding hydrogens is 136 g/mol. The monoisotopic (exact) mass is 144 g/mol. The van der Waals surface area contributed by atoms with Gasteiger partial charge in [0.05, 0.1) is 0 Å². The number of rotatable bonds is 1. The SMILES string of the molecule is C=Cc1cc(C)cnc1C#N. The largest absolute Gasteiger partial charge is 0.245 e. The highest BCUT2D eigenvalue weighted by molar-refractivity contribution is 5.54. The van der Waals surface area contributed by atoms with Crippen LogP contribution in [0.3, 0.4) is 0 Å². The fraction of sp³-hybridized carbons (Fsp3) is 0.111. The van der Waals surface area contributed by atoms with Gasteiger partial charge in [-0.1, -0.05) is 12.7 Å². The molecule has 0 spiro atoms. The molecule has 54 valence electrons. The van der Waals surface area contributed by atoms with Gasteiger partial charge in [-0.05, 0) is 18.6 Å². The molecule has 0 saturated heterocycles. The van der Waals surface area contributed by atoms with Crippen molar-refractivity contribution in [3.8, 4) is 6.07 Å². The van der Waals surface area contributed by atoms with Crippen LogP contribution < -0.4 is 0 Å². The van der Waals surface area contributed by atoms with Crippen molar-refractivity contribution in [1.29, 1.82) is 5.26 Å². The Hall–Kier alpha value is -1.62. The molecular formula is C9H8N2. The van der Waals surface area contributed by atoms with E-state index >= 15 is 0 Å². The Bertz CT molecular complexity index is 321. The topological polar surface area (TPSA) is 36.7 Å². The first kappa shape index (κ1) is 7.49. The van der Waals surface area contributed by atoms with Crippen LogP contribution in [-0.2, 0) is 0 Å². The lowest BCUT2D eigenvalue weighted by atomic mass is 10.1. The van der Waals surface area contributed by atoms with E-state index in [1.165, 1.54) is 0 Å². The van der Waals surface area contributed by atoms with Gasteiger partial charge in [0.15, 0.2) is 0 Å². The molecule has 1 heterocycles. The lowest BCUT2D eigenvalue weighted by Gasteiger charge is -1.96. The van der Waals surface area contributed by atoms with Gasteiger partial charge in [-0.15, -0.1) is 0 Å². The zero-order valence-corrected chi connectivity index (χ0v) is 6.33. The molecule has 2 heteroatoms. The average molecular weight is 144 g/mol. The lowest BCUT2D eigenvalue weighted by Crippen LogP contribution is -1.87. The minimum absolute atomic E-state index is 0.436. The van der Waals surface area contributed by atoms with Crippen molar-refractivity contribution in [3.05, 3.63) is 35.7 Å². The number of pyridine rings is 1. The molecule has 1 rings (SSSR count). The third kappa shape index (κ3) is 1.44. The predicted octanol–water partition coefficient (Wildman–Crippen LogP) is 1.90. The second kappa shape index (κ2) is 2.98. The van der Waals surface area contributed by atoms with Crippen LogP contribution >= 0.6 is 0 Å². The van der Waals surface area contributed by atoms with E-state index in [4.69, 9.17) is 5.26 Å². The number of aromatic nitrogens is 1. The van der Waals surface area contributed by atoms with Gasteiger partial charge in [-0.25, -0.2) is 4.98 Å². The molecule has 0 saturated carbocycles. The molecule has 0 fully saturated rings. The molecule has 1 aromatic rings. The second-order valence-electron chi connectivity index (χ2n) is 2.27. The number of nitrogens with zero attached hydrogens (tertiary/aromatic N) is 2. The number of hydrogen-bond donors (Lipinski definition) is 0. The van der Waals surface area contributed by atoms with Crippen molar-refractivity contribution < 1.29 is 0 Å². The summed E-state index contributed by atoms with van der Waals surface area (Å²) in [7, 11) is 0. The first-order chi connectivity index (χ1) is 5.27. The first-order valence-corrected chi connectivity index (χ1v) is 3.27. The van der Waals surface area contributed by atoms with Gasteiger partial charge in [-0.2, -0.15) is 5.26 Å². The molecule has 0 aliphatic heterocycles. The van der Waals surface area contributed by atoms with Crippen LogP contribution in [0.4, 0.5) is 0 Å². The summed E-state index contributed by atoms with van der Waals surface area (Å²) in [6.45, 7) is 5.52. The normalized spacial score (nSPS) is 8.73. The molecule has 0 aliphatic carbocycles. The van der Waals surface area contributed by atoms with Crippen molar-refractivity contribution >= 4 is 6.08 Å². The predicted molar refractivity (Wildman–Crippen MR) is 43.8 cm³/mol. The summed E-state index contributed by atoms with van der Waals surface area (Å²) in [5.74, 6) is 0. The van der Waals surface area contributed by atoms with E-state index in [9.17, 15) is 0 Å². The van der Waals surface area contributed by atoms with Gasteiger partial charge < -0.3 is 0 Å². The molecule has 0 aromatic carbocycles. The summed E-state index contributed by atoms with van der Waals surface area (Å²) >= 11 is 0. The highest BCUT2D eigenvalue weighted by atomic mass is 14.7. The van der Waals surface area contributed by atoms with Gasteiger partial charge in [0, 0.05) is 11.8 Å². The fourth-order valence-corrected chi connectivity index (χ4v) is 0.841. The van der Waals surface area contributed by atoms with Crippen LogP contribution in [0.25, 0.3) is 6.08 Å². The van der Waals surface area contributed by atoms with Gasteiger partial charge in [0.2, 0.25) is 0 Å². The molecule has 2 nitrogen and oxygen atoms in total. The maximum Gasteiger partial charge on any atom is 0.147 e. The van der Waals surface area contributed by atoms with Gasteiger partial charge >= 0.3 is 0 Å². The van der Waals surface area contributed by atoms with Gasteiger partial charge in [0.1, 0.15) is 11.8 Å². The van der Waals surface area contributed by atoms with E-state index in [1.807, 2.05) is 19.1 Å². The lowest BCUT2D eigenvalue weighted by molar-refractivity contribution is 1.21. The Morgan fingerprint density at radius 2 is 2.45 bits per heavy atom. The first-order valence-electron chi connectivity index (χ1n) is 3.27. The molecule has 0 aliphatic rings. The highest BCUT2D eigenvalue weighted by Gasteiger charge is 1.97. The maximum absolute atomic E-state index is 8.58. The Kier molecular flexibility index (Phi) is 2.03. The summed E-state index contributed by atoms with van der Waals surface area (Å²) in [5.41, 5.74) is 2.28. The number of aryl methyl sites for hydroxylation is 1. The van der Waals surface area contributed by atoms with Crippen molar-refractivity contribution in [1.82, 2.24) is 4.98 Å². The Balaban J connectivity index is 3.30. The highest BCUT2D eigenvalue weighted by Crippen LogP contribution is 2.07. The smallest absolute Gasteiger partial charge is 0.147 e. The van der Waals surface area contributed by atoms with E-state index in [-0.39, 0.29) is 0 Å². The van der Waals surface area contributed by atoms with Crippen LogP contribution in [0.2, 0.25) is 0 Å². The van der Waals surface area contributed by atoms with Crippen LogP contribution in [0.1, 0.15) is 16.8 Å². The van der Waals surface area contributed by atoms with Gasteiger partial charge in [0.25, 0.3) is 0 Å². The van der Waals surface area contributed by atoms with Crippen LogP contribution in [-0.4, -0.2) is 4.98 Å². The molecule has 0 unspecified atom stereocenters. The van der Waals surface area contributed by atoms with Crippen molar-refractivity contribution in [2.45, 2.75) is 6.92 Å². The Labute approximate surface area is 65.8 Å². The summed E-state index contributed by atoms with van der Waals surface area (Å²) in [6.07, 6.45) is 3.31. The maximum atomic E-state index is 8.58. The van der Waals surface area contributed by atoms with E-state index in [0.29, 0.717) is 5.69 Å². The Morgan fingerprint density at radius 1 is 1.73 bits per heavy atom. The molecule has 1 aromatic heterocycles. The number of hydrogen-bond acceptors (Lipinski definition) is 2. The van der Waals surface area contributed by atoms with E-state index in [0.717, 1.165) is 11.1 Å². The second-order valence-corrected chi connectivity index (χ2v) is 2.27. The third-order valence-corrected chi connectivity index (χ3v) is 1.38. The van der Waals surface area contributed by atoms with Crippen molar-refractivity contribution in [3.63, 3.8) is 0 Å². The van der Waals surface area contributed by atoms with Crippen molar-refractivity contribution in [2.75, 3.05) is 0 Å². The molecule has 0 radical (unpaired) electrons. The van der Waals surface area contributed by atoms with E-state index in [1.54, 1.807) is 12.3 Å². The van der Waals surface area contributed by atoms with Crippen LogP contribution in [0, 0.1) is 18.3 Å². The zero-order chi connectivity index (χ0) is 8.27. The minimum Gasteiger partial charge on any atom is -0.245 e. The standard InChI is InChI=1S/C9H8N2/c1-3-8-4-7(2)6-11-9(8)5-10/h3-4,6H,1H2,2H3. The molecule has 0 amide bonds. The number of nitriles is 1. The average Bonchev–Trinajstić information content (AvgIpc) is 2.04. The summed E-state index contributed by atoms with van der Waals surface area (Å²) in [4.78, 5) is 3.94. The van der Waals surface area contributed by atoms with Crippen LogP contribution in [0.5, 0.6) is 0 Å².